The zero-order valence-corrected chi connectivity index (χ0v) is 13.8. The summed E-state index contributed by atoms with van der Waals surface area (Å²) in [5.74, 6) is -2.94. The maximum absolute atomic E-state index is 11.7. The van der Waals surface area contributed by atoms with Crippen LogP contribution in [-0.2, 0) is 19.2 Å². The Bertz CT molecular complexity index is 711. The second kappa shape index (κ2) is 9.58. The standard InChI is InChI=1S/C18H18N4O4/c23-15(21-13-7-3-1-4-8-13)11-19-17(25)18(26)20-12-16(24)22-14-9-5-2-6-10-14/h1-10H,11-12H2,(H,19,25)(H,20,26)(H,21,23)(H,22,24). The molecule has 0 heterocycles. The lowest BCUT2D eigenvalue weighted by Gasteiger charge is -2.08. The number of carbonyl (C=O) groups is 4. The van der Waals surface area contributed by atoms with Crippen LogP contribution in [0.1, 0.15) is 0 Å². The van der Waals surface area contributed by atoms with Crippen LogP contribution in [0.4, 0.5) is 11.4 Å². The summed E-state index contributed by atoms with van der Waals surface area (Å²) in [6, 6.07) is 17.4. The van der Waals surface area contributed by atoms with E-state index in [0.717, 1.165) is 0 Å². The summed E-state index contributed by atoms with van der Waals surface area (Å²) in [6.45, 7) is -0.727. The fourth-order valence-corrected chi connectivity index (χ4v) is 1.94. The SMILES string of the molecule is O=C(CNC(=O)C(=O)NCC(=O)Nc1ccccc1)Nc1ccccc1. The summed E-state index contributed by atoms with van der Waals surface area (Å²) in [5, 5.41) is 9.49. The Morgan fingerprint density at radius 2 is 0.923 bits per heavy atom. The molecule has 0 saturated heterocycles. The minimum absolute atomic E-state index is 0.364. The van der Waals surface area contributed by atoms with Crippen LogP contribution in [-0.4, -0.2) is 36.7 Å². The molecule has 2 rings (SSSR count). The molecule has 8 heteroatoms. The number of rotatable bonds is 6. The van der Waals surface area contributed by atoms with Gasteiger partial charge in [0.25, 0.3) is 0 Å². The first kappa shape index (κ1) is 18.7. The molecule has 0 unspecified atom stereocenters. The molecule has 2 aromatic rings. The number of hydrogen-bond acceptors (Lipinski definition) is 4. The van der Waals surface area contributed by atoms with Crippen LogP contribution in [0.5, 0.6) is 0 Å². The van der Waals surface area contributed by atoms with E-state index < -0.39 is 23.6 Å². The van der Waals surface area contributed by atoms with Crippen molar-refractivity contribution < 1.29 is 19.2 Å². The molecule has 8 nitrogen and oxygen atoms in total. The van der Waals surface area contributed by atoms with Crippen LogP contribution in [0, 0.1) is 0 Å². The van der Waals surface area contributed by atoms with E-state index in [4.69, 9.17) is 0 Å². The van der Waals surface area contributed by atoms with Gasteiger partial charge in [0.1, 0.15) is 0 Å². The second-order valence-corrected chi connectivity index (χ2v) is 5.19. The van der Waals surface area contributed by atoms with E-state index in [1.807, 2.05) is 0 Å². The zero-order chi connectivity index (χ0) is 18.8. The van der Waals surface area contributed by atoms with Gasteiger partial charge in [0.05, 0.1) is 13.1 Å². The van der Waals surface area contributed by atoms with Gasteiger partial charge in [-0.25, -0.2) is 0 Å². The fraction of sp³-hybridized carbons (Fsp3) is 0.111. The van der Waals surface area contributed by atoms with Crippen molar-refractivity contribution >= 4 is 35.0 Å². The molecule has 0 bridgehead atoms. The highest BCUT2D eigenvalue weighted by Gasteiger charge is 2.15. The second-order valence-electron chi connectivity index (χ2n) is 5.19. The number of amides is 4. The van der Waals surface area contributed by atoms with E-state index in [0.29, 0.717) is 11.4 Å². The number of carbonyl (C=O) groups excluding carboxylic acids is 4. The van der Waals surface area contributed by atoms with Crippen LogP contribution in [0.3, 0.4) is 0 Å². The monoisotopic (exact) mass is 354 g/mol. The molecular weight excluding hydrogens is 336 g/mol. The third kappa shape index (κ3) is 6.44. The van der Waals surface area contributed by atoms with Crippen LogP contribution in [0.15, 0.2) is 60.7 Å². The number of anilines is 2. The summed E-state index contributed by atoms with van der Waals surface area (Å²) in [7, 11) is 0. The van der Waals surface area contributed by atoms with Crippen molar-refractivity contribution in [3.8, 4) is 0 Å². The number of hydrogen-bond donors (Lipinski definition) is 4. The van der Waals surface area contributed by atoms with Gasteiger partial charge >= 0.3 is 11.8 Å². The third-order valence-corrected chi connectivity index (χ3v) is 3.14. The van der Waals surface area contributed by atoms with E-state index in [2.05, 4.69) is 21.3 Å². The molecule has 134 valence electrons. The van der Waals surface area contributed by atoms with Crippen molar-refractivity contribution in [1.29, 1.82) is 0 Å². The minimum Gasteiger partial charge on any atom is -0.339 e. The molecule has 0 spiro atoms. The normalized spacial score (nSPS) is 9.69. The van der Waals surface area contributed by atoms with E-state index >= 15 is 0 Å². The van der Waals surface area contributed by atoms with Crippen molar-refractivity contribution in [1.82, 2.24) is 10.6 Å². The van der Waals surface area contributed by atoms with E-state index in [-0.39, 0.29) is 13.1 Å². The van der Waals surface area contributed by atoms with E-state index in [1.165, 1.54) is 0 Å². The Balaban J connectivity index is 1.68. The van der Waals surface area contributed by atoms with Crippen LogP contribution >= 0.6 is 0 Å². The van der Waals surface area contributed by atoms with Gasteiger partial charge in [0.15, 0.2) is 0 Å². The van der Waals surface area contributed by atoms with Crippen LogP contribution < -0.4 is 21.3 Å². The molecule has 0 saturated carbocycles. The van der Waals surface area contributed by atoms with Crippen molar-refractivity contribution in [2.24, 2.45) is 0 Å². The molecule has 4 amide bonds. The molecule has 0 aliphatic rings. The first-order valence-electron chi connectivity index (χ1n) is 7.80. The molecule has 2 aromatic carbocycles. The van der Waals surface area contributed by atoms with E-state index in [9.17, 15) is 19.2 Å². The van der Waals surface area contributed by atoms with Gasteiger partial charge in [0.2, 0.25) is 11.8 Å². The number of nitrogens with one attached hydrogen (secondary N) is 4. The average molecular weight is 354 g/mol. The average Bonchev–Trinajstić information content (AvgIpc) is 2.65. The highest BCUT2D eigenvalue weighted by molar-refractivity contribution is 6.35. The zero-order valence-electron chi connectivity index (χ0n) is 13.8. The Morgan fingerprint density at radius 1 is 0.577 bits per heavy atom. The fourth-order valence-electron chi connectivity index (χ4n) is 1.94. The summed E-state index contributed by atoms with van der Waals surface area (Å²) < 4.78 is 0. The topological polar surface area (TPSA) is 116 Å². The quantitative estimate of drug-likeness (QED) is 0.565. The highest BCUT2D eigenvalue weighted by Crippen LogP contribution is 2.04. The molecule has 0 atom stereocenters. The van der Waals surface area contributed by atoms with Crippen molar-refractivity contribution in [3.05, 3.63) is 60.7 Å². The Morgan fingerprint density at radius 3 is 1.27 bits per heavy atom. The maximum atomic E-state index is 11.7. The van der Waals surface area contributed by atoms with Crippen LogP contribution in [0.25, 0.3) is 0 Å². The lowest BCUT2D eigenvalue weighted by atomic mass is 10.3. The predicted octanol–water partition coefficient (Wildman–Crippen LogP) is 0.496. The molecular formula is C18H18N4O4. The van der Waals surface area contributed by atoms with Gasteiger partial charge < -0.3 is 21.3 Å². The van der Waals surface area contributed by atoms with Gasteiger partial charge in [-0.05, 0) is 24.3 Å². The minimum atomic E-state index is -0.999. The lowest BCUT2D eigenvalue weighted by Crippen LogP contribution is -2.45. The highest BCUT2D eigenvalue weighted by atomic mass is 16.2. The van der Waals surface area contributed by atoms with Crippen molar-refractivity contribution in [2.45, 2.75) is 0 Å². The molecule has 0 aliphatic heterocycles. The molecule has 0 fully saturated rings. The summed E-state index contributed by atoms with van der Waals surface area (Å²) in [6.07, 6.45) is 0. The first-order valence-corrected chi connectivity index (χ1v) is 7.80. The Kier molecular flexibility index (Phi) is 6.87. The number of para-hydroxylation sites is 2. The third-order valence-electron chi connectivity index (χ3n) is 3.14. The summed E-state index contributed by atoms with van der Waals surface area (Å²) in [4.78, 5) is 46.6. The van der Waals surface area contributed by atoms with Gasteiger partial charge in [0, 0.05) is 11.4 Å². The maximum Gasteiger partial charge on any atom is 0.309 e. The molecule has 0 aliphatic carbocycles. The summed E-state index contributed by atoms with van der Waals surface area (Å²) in [5.41, 5.74) is 1.16. The van der Waals surface area contributed by atoms with Crippen molar-refractivity contribution in [2.75, 3.05) is 23.7 Å². The predicted molar refractivity (Wildman–Crippen MR) is 96.2 cm³/mol. The van der Waals surface area contributed by atoms with Crippen molar-refractivity contribution in [3.63, 3.8) is 0 Å². The first-order chi connectivity index (χ1) is 12.5. The number of benzene rings is 2. The van der Waals surface area contributed by atoms with Gasteiger partial charge in [-0.2, -0.15) is 0 Å². The van der Waals surface area contributed by atoms with Crippen LogP contribution in [0.2, 0.25) is 0 Å². The smallest absolute Gasteiger partial charge is 0.309 e. The van der Waals surface area contributed by atoms with E-state index in [1.54, 1.807) is 60.7 Å². The summed E-state index contributed by atoms with van der Waals surface area (Å²) >= 11 is 0. The Labute approximate surface area is 150 Å². The molecule has 0 radical (unpaired) electrons. The largest absolute Gasteiger partial charge is 0.339 e. The molecule has 4 N–H and O–H groups in total. The van der Waals surface area contributed by atoms with Gasteiger partial charge in [-0.15, -0.1) is 0 Å². The molecule has 0 aromatic heterocycles. The molecule has 26 heavy (non-hydrogen) atoms. The van der Waals surface area contributed by atoms with Gasteiger partial charge in [-0.3, -0.25) is 19.2 Å². The Hall–Kier alpha value is -3.68. The lowest BCUT2D eigenvalue weighted by molar-refractivity contribution is -0.139. The van der Waals surface area contributed by atoms with Gasteiger partial charge in [-0.1, -0.05) is 36.4 Å².